The Morgan fingerprint density at radius 3 is 2.41 bits per heavy atom. The third kappa shape index (κ3) is 4.35. The molecular weight excluding hydrogens is 464 g/mol. The maximum Gasteiger partial charge on any atom is 0.253 e. The third-order valence-corrected chi connectivity index (χ3v) is 6.94. The Hall–Kier alpha value is -4.46. The first kappa shape index (κ1) is 24.2. The number of nitrogens with two attached hydrogens (primary N) is 1. The van der Waals surface area contributed by atoms with Gasteiger partial charge in [0.1, 0.15) is 17.8 Å². The van der Waals surface area contributed by atoms with Crippen LogP contribution in [-0.2, 0) is 11.8 Å². The number of benzene rings is 2. The first-order chi connectivity index (χ1) is 17.8. The van der Waals surface area contributed by atoms with Gasteiger partial charge in [-0.2, -0.15) is 0 Å². The SMILES string of the molecule is C=C(C)C(=O)Nc1ccc(-c2c(-c3ccc(C(=O)N4CCCC4)cc3C)c3c(N)ncnc3n2C)cc1. The van der Waals surface area contributed by atoms with Gasteiger partial charge >= 0.3 is 0 Å². The number of likely N-dealkylation sites (tertiary alicyclic amines) is 1. The Bertz CT molecular complexity index is 1550. The van der Waals surface area contributed by atoms with Gasteiger partial charge in [-0.15, -0.1) is 0 Å². The van der Waals surface area contributed by atoms with E-state index < -0.39 is 0 Å². The molecule has 0 saturated carbocycles. The molecule has 5 rings (SSSR count). The summed E-state index contributed by atoms with van der Waals surface area (Å²) in [5, 5.41) is 3.61. The molecular formula is C29H30N6O2. The molecule has 0 unspecified atom stereocenters. The van der Waals surface area contributed by atoms with Crippen LogP contribution in [0.15, 0.2) is 60.9 Å². The van der Waals surface area contributed by atoms with Crippen molar-refractivity contribution < 1.29 is 9.59 Å². The van der Waals surface area contributed by atoms with E-state index in [9.17, 15) is 9.59 Å². The summed E-state index contributed by atoms with van der Waals surface area (Å²) in [4.78, 5) is 35.8. The fourth-order valence-electron chi connectivity index (χ4n) is 5.01. The maximum absolute atomic E-state index is 13.0. The first-order valence-corrected chi connectivity index (χ1v) is 12.3. The van der Waals surface area contributed by atoms with Crippen molar-refractivity contribution >= 4 is 34.4 Å². The lowest BCUT2D eigenvalue weighted by molar-refractivity contribution is -0.112. The van der Waals surface area contributed by atoms with Gasteiger partial charge in [0.15, 0.2) is 0 Å². The van der Waals surface area contributed by atoms with Crippen molar-refractivity contribution in [1.29, 1.82) is 0 Å². The lowest BCUT2D eigenvalue weighted by Crippen LogP contribution is -2.27. The Labute approximate surface area is 215 Å². The van der Waals surface area contributed by atoms with Gasteiger partial charge in [-0.25, -0.2) is 9.97 Å². The van der Waals surface area contributed by atoms with Gasteiger partial charge in [0, 0.05) is 42.5 Å². The molecule has 0 radical (unpaired) electrons. The summed E-state index contributed by atoms with van der Waals surface area (Å²) in [6, 6.07) is 13.5. The van der Waals surface area contributed by atoms with Crippen LogP contribution in [0.4, 0.5) is 11.5 Å². The van der Waals surface area contributed by atoms with E-state index in [1.807, 2.05) is 65.9 Å². The number of hydrogen-bond acceptors (Lipinski definition) is 5. The summed E-state index contributed by atoms with van der Waals surface area (Å²) in [6.45, 7) is 8.99. The zero-order valence-electron chi connectivity index (χ0n) is 21.3. The van der Waals surface area contributed by atoms with Crippen LogP contribution < -0.4 is 11.1 Å². The second kappa shape index (κ2) is 9.54. The number of nitrogens with one attached hydrogen (secondary N) is 1. The number of amides is 2. The fraction of sp³-hybridized carbons (Fsp3) is 0.241. The van der Waals surface area contributed by atoms with Crippen LogP contribution in [0.2, 0.25) is 0 Å². The van der Waals surface area contributed by atoms with Gasteiger partial charge < -0.3 is 20.5 Å². The van der Waals surface area contributed by atoms with Crippen molar-refractivity contribution in [2.24, 2.45) is 7.05 Å². The zero-order chi connectivity index (χ0) is 26.3. The molecule has 0 aliphatic carbocycles. The van der Waals surface area contributed by atoms with E-state index in [-0.39, 0.29) is 11.8 Å². The van der Waals surface area contributed by atoms with E-state index in [2.05, 4.69) is 21.9 Å². The average Bonchev–Trinajstić information content (AvgIpc) is 3.52. The minimum atomic E-state index is -0.222. The molecule has 0 spiro atoms. The van der Waals surface area contributed by atoms with Crippen LogP contribution in [-0.4, -0.2) is 44.3 Å². The fourth-order valence-corrected chi connectivity index (χ4v) is 5.01. The van der Waals surface area contributed by atoms with Crippen LogP contribution in [0, 0.1) is 6.92 Å². The molecule has 4 aromatic rings. The zero-order valence-corrected chi connectivity index (χ0v) is 21.3. The van der Waals surface area contributed by atoms with Crippen molar-refractivity contribution in [3.63, 3.8) is 0 Å². The first-order valence-electron chi connectivity index (χ1n) is 12.3. The lowest BCUT2D eigenvalue weighted by Gasteiger charge is -2.17. The van der Waals surface area contributed by atoms with Crippen molar-refractivity contribution in [2.45, 2.75) is 26.7 Å². The Morgan fingerprint density at radius 2 is 1.76 bits per heavy atom. The van der Waals surface area contributed by atoms with E-state index >= 15 is 0 Å². The Morgan fingerprint density at radius 1 is 1.05 bits per heavy atom. The summed E-state index contributed by atoms with van der Waals surface area (Å²) in [7, 11) is 1.95. The molecule has 0 atom stereocenters. The van der Waals surface area contributed by atoms with Crippen LogP contribution in [0.3, 0.4) is 0 Å². The number of rotatable bonds is 5. The van der Waals surface area contributed by atoms with Crippen molar-refractivity contribution in [3.05, 3.63) is 72.1 Å². The third-order valence-electron chi connectivity index (χ3n) is 6.94. The second-order valence-corrected chi connectivity index (χ2v) is 9.58. The quantitative estimate of drug-likeness (QED) is 0.382. The van der Waals surface area contributed by atoms with Gasteiger partial charge in [-0.3, -0.25) is 9.59 Å². The second-order valence-electron chi connectivity index (χ2n) is 9.58. The molecule has 1 fully saturated rings. The van der Waals surface area contributed by atoms with Gasteiger partial charge in [0.05, 0.1) is 11.1 Å². The van der Waals surface area contributed by atoms with E-state index in [1.165, 1.54) is 6.33 Å². The van der Waals surface area contributed by atoms with Crippen molar-refractivity contribution in [1.82, 2.24) is 19.4 Å². The number of carbonyl (C=O) groups is 2. The minimum absolute atomic E-state index is 0.0699. The summed E-state index contributed by atoms with van der Waals surface area (Å²) in [5.41, 5.74) is 13.6. The molecule has 188 valence electrons. The Kier molecular flexibility index (Phi) is 6.25. The molecule has 8 nitrogen and oxygen atoms in total. The monoisotopic (exact) mass is 494 g/mol. The highest BCUT2D eigenvalue weighted by Gasteiger charge is 2.24. The molecule has 2 aromatic carbocycles. The summed E-state index contributed by atoms with van der Waals surface area (Å²) in [6.07, 6.45) is 3.57. The largest absolute Gasteiger partial charge is 0.383 e. The van der Waals surface area contributed by atoms with Gasteiger partial charge in [0.25, 0.3) is 11.8 Å². The molecule has 1 aliphatic heterocycles. The van der Waals surface area contributed by atoms with Gasteiger partial charge in [-0.1, -0.05) is 24.8 Å². The van der Waals surface area contributed by atoms with Gasteiger partial charge in [0.2, 0.25) is 0 Å². The molecule has 0 bridgehead atoms. The Balaban J connectivity index is 1.63. The van der Waals surface area contributed by atoms with Crippen LogP contribution in [0.5, 0.6) is 0 Å². The van der Waals surface area contributed by atoms with Crippen LogP contribution in [0.25, 0.3) is 33.4 Å². The molecule has 2 aromatic heterocycles. The van der Waals surface area contributed by atoms with E-state index in [0.717, 1.165) is 59.3 Å². The highest BCUT2D eigenvalue weighted by Crippen LogP contribution is 2.43. The summed E-state index contributed by atoms with van der Waals surface area (Å²) < 4.78 is 2.01. The van der Waals surface area contributed by atoms with Crippen molar-refractivity contribution in [2.75, 3.05) is 24.1 Å². The molecule has 1 aliphatic rings. The number of carbonyl (C=O) groups excluding carboxylic acids is 2. The smallest absolute Gasteiger partial charge is 0.253 e. The van der Waals surface area contributed by atoms with Crippen LogP contribution >= 0.6 is 0 Å². The van der Waals surface area contributed by atoms with E-state index in [4.69, 9.17) is 5.73 Å². The maximum atomic E-state index is 13.0. The van der Waals surface area contributed by atoms with E-state index in [1.54, 1.807) is 6.92 Å². The number of fused-ring (bicyclic) bond motifs is 1. The summed E-state index contributed by atoms with van der Waals surface area (Å²) in [5.74, 6) is 0.240. The predicted octanol–water partition coefficient (Wildman–Crippen LogP) is 4.94. The number of hydrogen-bond donors (Lipinski definition) is 2. The van der Waals surface area contributed by atoms with Gasteiger partial charge in [-0.05, 0) is 67.6 Å². The van der Waals surface area contributed by atoms with Crippen molar-refractivity contribution in [3.8, 4) is 22.4 Å². The molecule has 2 amide bonds. The lowest BCUT2D eigenvalue weighted by atomic mass is 9.94. The normalized spacial score (nSPS) is 13.2. The minimum Gasteiger partial charge on any atom is -0.383 e. The predicted molar refractivity (Wildman–Crippen MR) is 147 cm³/mol. The molecule has 3 heterocycles. The number of anilines is 2. The highest BCUT2D eigenvalue weighted by molar-refractivity contribution is 6.09. The number of nitrogens with zero attached hydrogens (tertiary/aromatic N) is 4. The number of nitrogen functional groups attached to an aromatic ring is 1. The average molecular weight is 495 g/mol. The highest BCUT2D eigenvalue weighted by atomic mass is 16.2. The number of aromatic nitrogens is 3. The molecule has 1 saturated heterocycles. The number of aryl methyl sites for hydroxylation is 2. The van der Waals surface area contributed by atoms with E-state index in [0.29, 0.717) is 28.3 Å². The molecule has 8 heteroatoms. The molecule has 3 N–H and O–H groups in total. The van der Waals surface area contributed by atoms with Crippen LogP contribution in [0.1, 0.15) is 35.7 Å². The summed E-state index contributed by atoms with van der Waals surface area (Å²) >= 11 is 0. The topological polar surface area (TPSA) is 106 Å². The molecule has 37 heavy (non-hydrogen) atoms. The standard InChI is InChI=1S/C29H30N6O2/c1-17(2)28(36)33-21-10-7-19(8-11-21)25-23(24-26(30)31-16-32-27(24)34(25)4)22-12-9-20(15-18(22)3)29(37)35-13-5-6-14-35/h7-12,15-16H,1,5-6,13-14H2,2-4H3,(H,33,36)(H2,30,31,32).